The van der Waals surface area contributed by atoms with E-state index in [1.807, 2.05) is 13.8 Å². The Bertz CT molecular complexity index is 197. The molecular weight excluding hydrogens is 276 g/mol. The average Bonchev–Trinajstić information content (AvgIpc) is 2.55. The number of nitrogens with two attached hydrogens (primary N) is 3. The summed E-state index contributed by atoms with van der Waals surface area (Å²) in [5.41, 5.74) is 4.50. The van der Waals surface area contributed by atoms with Crippen LogP contribution in [-0.2, 0) is 14.5 Å². The SMILES string of the molecule is CC.CN.NOCCC(=O)NCCCCC(CO)CON. The third kappa shape index (κ3) is 21.7. The van der Waals surface area contributed by atoms with Crippen LogP contribution >= 0.6 is 0 Å². The van der Waals surface area contributed by atoms with E-state index >= 15 is 0 Å². The first kappa shape index (κ1) is 25.2. The topological polar surface area (TPSA) is 146 Å². The quantitative estimate of drug-likeness (QED) is 0.259. The molecule has 130 valence electrons. The second-order valence-corrected chi connectivity index (χ2v) is 3.85. The van der Waals surface area contributed by atoms with Crippen molar-refractivity contribution < 1.29 is 19.6 Å². The van der Waals surface area contributed by atoms with Gasteiger partial charge in [0.15, 0.2) is 0 Å². The van der Waals surface area contributed by atoms with Gasteiger partial charge in [0.1, 0.15) is 0 Å². The summed E-state index contributed by atoms with van der Waals surface area (Å²) in [6.07, 6.45) is 2.87. The van der Waals surface area contributed by atoms with Crippen LogP contribution in [-0.4, -0.2) is 44.4 Å². The largest absolute Gasteiger partial charge is 0.396 e. The molecular formula is C13H34N4O4. The standard InChI is InChI=1S/C10H23N3O4.C2H6.CH5N/c11-16-6-4-10(15)13-5-2-1-3-9(7-14)8-17-12;2*1-2/h9,14H,1-8,11-12H2,(H,13,15);1-2H3;2H2,1H3. The fraction of sp³-hybridized carbons (Fsp3) is 0.923. The monoisotopic (exact) mass is 310 g/mol. The molecule has 0 saturated heterocycles. The van der Waals surface area contributed by atoms with Gasteiger partial charge in [0.2, 0.25) is 5.91 Å². The molecule has 8 N–H and O–H groups in total. The lowest BCUT2D eigenvalue weighted by molar-refractivity contribution is -0.122. The zero-order valence-electron chi connectivity index (χ0n) is 13.6. The predicted octanol–water partition coefficient (Wildman–Crippen LogP) is -0.347. The van der Waals surface area contributed by atoms with Crippen LogP contribution in [0.25, 0.3) is 0 Å². The molecule has 1 unspecified atom stereocenters. The molecule has 1 atom stereocenters. The molecule has 0 radical (unpaired) electrons. The molecule has 0 aliphatic carbocycles. The fourth-order valence-corrected chi connectivity index (χ4v) is 1.39. The number of nitrogens with one attached hydrogen (secondary N) is 1. The molecule has 0 fully saturated rings. The van der Waals surface area contributed by atoms with Gasteiger partial charge in [-0.1, -0.05) is 20.3 Å². The summed E-state index contributed by atoms with van der Waals surface area (Å²) >= 11 is 0. The van der Waals surface area contributed by atoms with Gasteiger partial charge in [0, 0.05) is 19.1 Å². The maximum atomic E-state index is 11.1. The van der Waals surface area contributed by atoms with E-state index in [0.717, 1.165) is 19.3 Å². The zero-order valence-corrected chi connectivity index (χ0v) is 13.6. The molecule has 0 spiro atoms. The van der Waals surface area contributed by atoms with E-state index in [-0.39, 0.29) is 31.5 Å². The van der Waals surface area contributed by atoms with Gasteiger partial charge in [0.05, 0.1) is 19.6 Å². The van der Waals surface area contributed by atoms with Crippen molar-refractivity contribution in [3.8, 4) is 0 Å². The number of carbonyl (C=O) groups is 1. The summed E-state index contributed by atoms with van der Waals surface area (Å²) in [5, 5.41) is 11.7. The third-order valence-corrected chi connectivity index (χ3v) is 2.40. The van der Waals surface area contributed by atoms with Crippen molar-refractivity contribution in [2.45, 2.75) is 39.5 Å². The van der Waals surface area contributed by atoms with E-state index in [1.165, 1.54) is 7.05 Å². The van der Waals surface area contributed by atoms with Gasteiger partial charge < -0.3 is 25.8 Å². The molecule has 0 bridgehead atoms. The van der Waals surface area contributed by atoms with Gasteiger partial charge in [0.25, 0.3) is 0 Å². The number of hydrogen-bond donors (Lipinski definition) is 5. The van der Waals surface area contributed by atoms with Gasteiger partial charge in [-0.2, -0.15) is 0 Å². The van der Waals surface area contributed by atoms with E-state index in [2.05, 4.69) is 20.7 Å². The van der Waals surface area contributed by atoms with Crippen molar-refractivity contribution >= 4 is 5.91 Å². The van der Waals surface area contributed by atoms with E-state index in [4.69, 9.17) is 16.9 Å². The fourth-order valence-electron chi connectivity index (χ4n) is 1.39. The highest BCUT2D eigenvalue weighted by molar-refractivity contribution is 5.75. The number of rotatable bonds is 11. The minimum atomic E-state index is -0.0700. The summed E-state index contributed by atoms with van der Waals surface area (Å²) in [5.74, 6) is 9.74. The Labute approximate surface area is 128 Å². The second kappa shape index (κ2) is 24.3. The molecule has 8 nitrogen and oxygen atoms in total. The lowest BCUT2D eigenvalue weighted by Gasteiger charge is -2.12. The molecule has 0 aromatic rings. The van der Waals surface area contributed by atoms with Crippen LogP contribution in [0.2, 0.25) is 0 Å². The molecule has 0 heterocycles. The summed E-state index contributed by atoms with van der Waals surface area (Å²) < 4.78 is 0. The molecule has 0 aromatic heterocycles. The van der Waals surface area contributed by atoms with Gasteiger partial charge in [-0.05, 0) is 19.9 Å². The van der Waals surface area contributed by atoms with Crippen LogP contribution in [0.1, 0.15) is 39.5 Å². The highest BCUT2D eigenvalue weighted by atomic mass is 16.6. The molecule has 0 aromatic carbocycles. The van der Waals surface area contributed by atoms with Gasteiger partial charge in [-0.25, -0.2) is 11.8 Å². The van der Waals surface area contributed by atoms with Crippen LogP contribution in [0, 0.1) is 5.92 Å². The minimum Gasteiger partial charge on any atom is -0.396 e. The number of carbonyl (C=O) groups excluding carboxylic acids is 1. The Kier molecular flexibility index (Phi) is 29.1. The van der Waals surface area contributed by atoms with Gasteiger partial charge in [-0.3, -0.25) is 4.79 Å². The van der Waals surface area contributed by atoms with Crippen molar-refractivity contribution in [3.05, 3.63) is 0 Å². The van der Waals surface area contributed by atoms with Crippen LogP contribution in [0.4, 0.5) is 0 Å². The lowest BCUT2D eigenvalue weighted by atomic mass is 10.0. The van der Waals surface area contributed by atoms with Gasteiger partial charge in [-0.15, -0.1) is 0 Å². The Morgan fingerprint density at radius 2 is 1.81 bits per heavy atom. The first-order chi connectivity index (χ1) is 10.2. The summed E-state index contributed by atoms with van der Waals surface area (Å²) in [6, 6.07) is 0. The minimum absolute atomic E-state index is 0.0669. The maximum absolute atomic E-state index is 11.1. The van der Waals surface area contributed by atoms with Crippen molar-refractivity contribution in [2.24, 2.45) is 23.4 Å². The van der Waals surface area contributed by atoms with Crippen molar-refractivity contribution in [3.63, 3.8) is 0 Å². The van der Waals surface area contributed by atoms with Crippen molar-refractivity contribution in [2.75, 3.05) is 33.4 Å². The molecule has 0 aliphatic heterocycles. The molecule has 0 aliphatic rings. The van der Waals surface area contributed by atoms with Crippen LogP contribution in [0.15, 0.2) is 0 Å². The number of hydrogen-bond acceptors (Lipinski definition) is 7. The normalized spacial score (nSPS) is 10.6. The molecule has 8 heteroatoms. The number of aliphatic hydroxyl groups is 1. The Balaban J connectivity index is -0.000000739. The Morgan fingerprint density at radius 3 is 2.29 bits per heavy atom. The Hall–Kier alpha value is -0.770. The van der Waals surface area contributed by atoms with Crippen LogP contribution < -0.4 is 22.8 Å². The van der Waals surface area contributed by atoms with E-state index in [0.29, 0.717) is 13.2 Å². The number of aliphatic hydroxyl groups excluding tert-OH is 1. The molecule has 0 rings (SSSR count). The number of amides is 1. The van der Waals surface area contributed by atoms with Crippen LogP contribution in [0.5, 0.6) is 0 Å². The second-order valence-electron chi connectivity index (χ2n) is 3.85. The van der Waals surface area contributed by atoms with Gasteiger partial charge >= 0.3 is 0 Å². The Morgan fingerprint density at radius 1 is 1.19 bits per heavy atom. The summed E-state index contributed by atoms with van der Waals surface area (Å²) in [6.45, 7) is 5.27. The first-order valence-corrected chi connectivity index (χ1v) is 7.33. The van der Waals surface area contributed by atoms with Crippen molar-refractivity contribution in [1.82, 2.24) is 5.32 Å². The van der Waals surface area contributed by atoms with E-state index in [1.54, 1.807) is 0 Å². The molecule has 21 heavy (non-hydrogen) atoms. The summed E-state index contributed by atoms with van der Waals surface area (Å²) in [7, 11) is 1.50. The molecule has 1 amide bonds. The predicted molar refractivity (Wildman–Crippen MR) is 83.8 cm³/mol. The van der Waals surface area contributed by atoms with E-state index < -0.39 is 0 Å². The molecule has 0 saturated carbocycles. The van der Waals surface area contributed by atoms with Crippen LogP contribution in [0.3, 0.4) is 0 Å². The number of unbranched alkanes of at least 4 members (excludes halogenated alkanes) is 1. The maximum Gasteiger partial charge on any atom is 0.222 e. The first-order valence-electron chi connectivity index (χ1n) is 7.33. The average molecular weight is 310 g/mol. The zero-order chi connectivity index (χ0) is 16.9. The summed E-state index contributed by atoms with van der Waals surface area (Å²) in [4.78, 5) is 19.9. The highest BCUT2D eigenvalue weighted by Crippen LogP contribution is 2.07. The van der Waals surface area contributed by atoms with E-state index in [9.17, 15) is 4.79 Å². The van der Waals surface area contributed by atoms with Crippen molar-refractivity contribution in [1.29, 1.82) is 0 Å². The highest BCUT2D eigenvalue weighted by Gasteiger charge is 2.07. The smallest absolute Gasteiger partial charge is 0.222 e. The lowest BCUT2D eigenvalue weighted by Crippen LogP contribution is -2.26. The third-order valence-electron chi connectivity index (χ3n) is 2.40.